The summed E-state index contributed by atoms with van der Waals surface area (Å²) < 4.78 is 15.6. The highest BCUT2D eigenvalue weighted by molar-refractivity contribution is 5.88. The minimum absolute atomic E-state index is 0.148. The van der Waals surface area contributed by atoms with Gasteiger partial charge in [-0.25, -0.2) is 4.79 Å². The van der Waals surface area contributed by atoms with Gasteiger partial charge in [-0.05, 0) is 30.9 Å². The quantitative estimate of drug-likeness (QED) is 0.840. The van der Waals surface area contributed by atoms with Crippen LogP contribution in [0, 0.1) is 0 Å². The summed E-state index contributed by atoms with van der Waals surface area (Å²) in [6.45, 7) is 1.59. The Labute approximate surface area is 127 Å². The molecule has 2 atom stereocenters. The first-order valence-electron chi connectivity index (χ1n) is 6.99. The Kier molecular flexibility index (Phi) is 5.05. The normalized spacial score (nSPS) is 13.9. The van der Waals surface area contributed by atoms with Gasteiger partial charge in [0.05, 0.1) is 26.4 Å². The van der Waals surface area contributed by atoms with Gasteiger partial charge in [-0.15, -0.1) is 0 Å². The lowest BCUT2D eigenvalue weighted by molar-refractivity contribution is 0.0871. The number of rotatable bonds is 6. The first kappa shape index (κ1) is 16.3. The number of aliphatic hydroxyl groups is 2. The summed E-state index contributed by atoms with van der Waals surface area (Å²) in [5.74, 6) is 1.28. The van der Waals surface area contributed by atoms with Gasteiger partial charge in [-0.3, -0.25) is 0 Å². The van der Waals surface area contributed by atoms with Crippen molar-refractivity contribution < 1.29 is 24.1 Å². The molecule has 0 aliphatic carbocycles. The predicted octanol–water partition coefficient (Wildman–Crippen LogP) is 1.48. The zero-order chi connectivity index (χ0) is 16.3. The lowest BCUT2D eigenvalue weighted by Gasteiger charge is -2.12. The molecule has 22 heavy (non-hydrogen) atoms. The maximum Gasteiger partial charge on any atom is 0.347 e. The molecule has 0 aliphatic heterocycles. The highest BCUT2D eigenvalue weighted by Gasteiger charge is 2.15. The van der Waals surface area contributed by atoms with Crippen LogP contribution in [-0.4, -0.2) is 36.6 Å². The van der Waals surface area contributed by atoms with Crippen molar-refractivity contribution in [1.29, 1.82) is 0 Å². The Bertz CT molecular complexity index is 704. The van der Waals surface area contributed by atoms with Gasteiger partial charge in [0.1, 0.15) is 22.6 Å². The zero-order valence-electron chi connectivity index (χ0n) is 12.8. The summed E-state index contributed by atoms with van der Waals surface area (Å²) in [5.41, 5.74) is -0.531. The number of hydrogen-bond acceptors (Lipinski definition) is 6. The molecule has 2 rings (SSSR count). The minimum Gasteiger partial charge on any atom is -0.497 e. The van der Waals surface area contributed by atoms with Gasteiger partial charge in [0.15, 0.2) is 0 Å². The molecule has 0 radical (unpaired) electrons. The molecule has 6 nitrogen and oxygen atoms in total. The predicted molar refractivity (Wildman–Crippen MR) is 81.6 cm³/mol. The van der Waals surface area contributed by atoms with E-state index in [9.17, 15) is 15.0 Å². The van der Waals surface area contributed by atoms with Crippen LogP contribution in [0.2, 0.25) is 0 Å². The van der Waals surface area contributed by atoms with Gasteiger partial charge in [-0.1, -0.05) is 0 Å². The third kappa shape index (κ3) is 3.58. The fraction of sp³-hybridized carbons (Fsp3) is 0.438. The molecule has 1 aromatic heterocycles. The summed E-state index contributed by atoms with van der Waals surface area (Å²) in [6.07, 6.45) is -1.05. The molecule has 0 aliphatic rings. The second-order valence-corrected chi connectivity index (χ2v) is 5.24. The minimum atomic E-state index is -0.784. The Morgan fingerprint density at radius 2 is 1.91 bits per heavy atom. The SMILES string of the molecule is COc1cc(OC)c2c(=O)oc(C[C@@H](O)C[C@@H](C)O)cc2c1. The van der Waals surface area contributed by atoms with Crippen molar-refractivity contribution in [1.82, 2.24) is 0 Å². The Balaban J connectivity index is 2.45. The number of benzene rings is 1. The summed E-state index contributed by atoms with van der Waals surface area (Å²) in [5, 5.41) is 20.1. The Morgan fingerprint density at radius 1 is 1.18 bits per heavy atom. The van der Waals surface area contributed by atoms with E-state index in [2.05, 4.69) is 0 Å². The first-order chi connectivity index (χ1) is 10.4. The Hall–Kier alpha value is -2.05. The lowest BCUT2D eigenvalue weighted by Crippen LogP contribution is -2.18. The molecule has 2 aromatic rings. The summed E-state index contributed by atoms with van der Waals surface area (Å²) >= 11 is 0. The van der Waals surface area contributed by atoms with E-state index in [0.29, 0.717) is 28.0 Å². The molecule has 1 heterocycles. The van der Waals surface area contributed by atoms with Crippen LogP contribution in [0.15, 0.2) is 27.4 Å². The third-order valence-corrected chi connectivity index (χ3v) is 3.36. The molecule has 0 amide bonds. The second kappa shape index (κ2) is 6.81. The number of aliphatic hydroxyl groups excluding tert-OH is 2. The number of fused-ring (bicyclic) bond motifs is 1. The molecule has 0 unspecified atom stereocenters. The van der Waals surface area contributed by atoms with Gasteiger partial charge < -0.3 is 24.1 Å². The maximum absolute atomic E-state index is 12.2. The number of methoxy groups -OCH3 is 2. The molecule has 2 N–H and O–H groups in total. The molecule has 0 saturated carbocycles. The molecule has 120 valence electrons. The van der Waals surface area contributed by atoms with E-state index in [-0.39, 0.29) is 12.8 Å². The number of hydrogen-bond donors (Lipinski definition) is 2. The van der Waals surface area contributed by atoms with Crippen molar-refractivity contribution in [2.45, 2.75) is 32.0 Å². The lowest BCUT2D eigenvalue weighted by atomic mass is 10.1. The van der Waals surface area contributed by atoms with Crippen LogP contribution >= 0.6 is 0 Å². The van der Waals surface area contributed by atoms with Crippen molar-refractivity contribution in [3.05, 3.63) is 34.4 Å². The van der Waals surface area contributed by atoms with Crippen LogP contribution in [0.5, 0.6) is 11.5 Å². The standard InChI is InChI=1S/C16H20O6/c1-9(17)4-11(18)7-13-6-10-5-12(20-2)8-14(21-3)15(10)16(19)22-13/h5-6,8-9,11,17-18H,4,7H2,1-3H3/t9-,11+/m1/s1. The highest BCUT2D eigenvalue weighted by atomic mass is 16.5. The summed E-state index contributed by atoms with van der Waals surface area (Å²) in [6, 6.07) is 4.99. The maximum atomic E-state index is 12.2. The fourth-order valence-electron chi connectivity index (χ4n) is 2.40. The van der Waals surface area contributed by atoms with Gasteiger partial charge in [0, 0.05) is 12.5 Å². The van der Waals surface area contributed by atoms with E-state index in [4.69, 9.17) is 13.9 Å². The largest absolute Gasteiger partial charge is 0.497 e. The van der Waals surface area contributed by atoms with Crippen molar-refractivity contribution in [3.8, 4) is 11.5 Å². The van der Waals surface area contributed by atoms with Crippen molar-refractivity contribution in [2.75, 3.05) is 14.2 Å². The fourth-order valence-corrected chi connectivity index (χ4v) is 2.40. The van der Waals surface area contributed by atoms with Crippen LogP contribution in [-0.2, 0) is 6.42 Å². The van der Waals surface area contributed by atoms with Crippen LogP contribution in [0.1, 0.15) is 19.1 Å². The van der Waals surface area contributed by atoms with Gasteiger partial charge >= 0.3 is 5.63 Å². The van der Waals surface area contributed by atoms with E-state index < -0.39 is 17.8 Å². The molecule has 6 heteroatoms. The molecule has 0 fully saturated rings. The Morgan fingerprint density at radius 3 is 2.50 bits per heavy atom. The molecule has 1 aromatic carbocycles. The van der Waals surface area contributed by atoms with Crippen LogP contribution in [0.4, 0.5) is 0 Å². The molecular formula is C16H20O6. The van der Waals surface area contributed by atoms with Crippen LogP contribution in [0.25, 0.3) is 10.8 Å². The monoisotopic (exact) mass is 308 g/mol. The second-order valence-electron chi connectivity index (χ2n) is 5.24. The van der Waals surface area contributed by atoms with Gasteiger partial charge in [-0.2, -0.15) is 0 Å². The number of ether oxygens (including phenoxy) is 2. The van der Waals surface area contributed by atoms with Crippen molar-refractivity contribution >= 4 is 10.8 Å². The van der Waals surface area contributed by atoms with E-state index in [0.717, 1.165) is 0 Å². The van der Waals surface area contributed by atoms with E-state index in [1.54, 1.807) is 25.1 Å². The molecule has 0 spiro atoms. The van der Waals surface area contributed by atoms with Gasteiger partial charge in [0.25, 0.3) is 0 Å². The first-order valence-corrected chi connectivity index (χ1v) is 6.99. The summed E-state index contributed by atoms with van der Waals surface area (Å²) in [4.78, 5) is 12.2. The van der Waals surface area contributed by atoms with E-state index in [1.165, 1.54) is 14.2 Å². The average molecular weight is 308 g/mol. The van der Waals surface area contributed by atoms with E-state index >= 15 is 0 Å². The van der Waals surface area contributed by atoms with Crippen molar-refractivity contribution in [3.63, 3.8) is 0 Å². The van der Waals surface area contributed by atoms with Crippen LogP contribution < -0.4 is 15.1 Å². The van der Waals surface area contributed by atoms with Gasteiger partial charge in [0.2, 0.25) is 0 Å². The smallest absolute Gasteiger partial charge is 0.347 e. The highest BCUT2D eigenvalue weighted by Crippen LogP contribution is 2.29. The van der Waals surface area contributed by atoms with Crippen LogP contribution in [0.3, 0.4) is 0 Å². The summed E-state index contributed by atoms with van der Waals surface area (Å²) in [7, 11) is 2.99. The van der Waals surface area contributed by atoms with E-state index in [1.807, 2.05) is 0 Å². The molecular weight excluding hydrogens is 288 g/mol. The molecule has 0 saturated heterocycles. The molecule has 0 bridgehead atoms. The van der Waals surface area contributed by atoms with Crippen molar-refractivity contribution in [2.24, 2.45) is 0 Å². The average Bonchev–Trinajstić information content (AvgIpc) is 2.44. The third-order valence-electron chi connectivity index (χ3n) is 3.36. The zero-order valence-corrected chi connectivity index (χ0v) is 12.8. The topological polar surface area (TPSA) is 89.1 Å².